The summed E-state index contributed by atoms with van der Waals surface area (Å²) in [6, 6.07) is -0.0996. The van der Waals surface area contributed by atoms with E-state index >= 15 is 0 Å². The molecule has 0 saturated carbocycles. The third-order valence-corrected chi connectivity index (χ3v) is 5.47. The van der Waals surface area contributed by atoms with Gasteiger partial charge in [-0.3, -0.25) is 0 Å². The average Bonchev–Trinajstić information content (AvgIpc) is 2.63. The van der Waals surface area contributed by atoms with E-state index < -0.39 is 9.84 Å². The van der Waals surface area contributed by atoms with E-state index in [4.69, 9.17) is 11.6 Å². The van der Waals surface area contributed by atoms with E-state index in [1.54, 1.807) is 0 Å². The van der Waals surface area contributed by atoms with E-state index in [1.807, 2.05) is 27.7 Å². The summed E-state index contributed by atoms with van der Waals surface area (Å²) in [6.45, 7) is 7.87. The fraction of sp³-hybridized carbons (Fsp3) is 0.692. The van der Waals surface area contributed by atoms with Gasteiger partial charge in [0.25, 0.3) is 0 Å². The van der Waals surface area contributed by atoms with Crippen LogP contribution in [0.2, 0.25) is 5.15 Å². The van der Waals surface area contributed by atoms with Gasteiger partial charge in [-0.15, -0.1) is 0 Å². The highest BCUT2D eigenvalue weighted by Crippen LogP contribution is 2.27. The lowest BCUT2D eigenvalue weighted by atomic mass is 9.95. The molecular weight excluding hydrogens is 298 g/mol. The highest BCUT2D eigenvalue weighted by molar-refractivity contribution is 7.91. The third-order valence-electron chi connectivity index (χ3n) is 3.33. The maximum Gasteiger partial charge on any atom is 0.152 e. The first-order valence-electron chi connectivity index (χ1n) is 6.60. The van der Waals surface area contributed by atoms with Crippen molar-refractivity contribution in [2.75, 3.05) is 16.8 Å². The summed E-state index contributed by atoms with van der Waals surface area (Å²) in [5, 5.41) is 3.61. The Labute approximate surface area is 125 Å². The van der Waals surface area contributed by atoms with Crippen LogP contribution < -0.4 is 5.32 Å². The van der Waals surface area contributed by atoms with Crippen LogP contribution in [0.3, 0.4) is 0 Å². The van der Waals surface area contributed by atoms with Gasteiger partial charge < -0.3 is 5.32 Å². The summed E-state index contributed by atoms with van der Waals surface area (Å²) in [5.41, 5.74) is 0.541. The van der Waals surface area contributed by atoms with Gasteiger partial charge in [-0.2, -0.15) is 0 Å². The molecule has 1 saturated heterocycles. The quantitative estimate of drug-likeness (QED) is 0.848. The maximum atomic E-state index is 11.5. The van der Waals surface area contributed by atoms with Crippen molar-refractivity contribution in [2.45, 2.75) is 45.6 Å². The first-order chi connectivity index (χ1) is 9.08. The standard InChI is InChI=1S/C13H20ClN3O2S/c1-8-10(14)16-12(13(2,3)4)17-11(8)15-9-5-6-20(18,19)7-9/h9H,5-7H2,1-4H3,(H,15,16,17). The molecule has 0 radical (unpaired) electrons. The summed E-state index contributed by atoms with van der Waals surface area (Å²) in [7, 11) is -2.92. The van der Waals surface area contributed by atoms with E-state index in [2.05, 4.69) is 15.3 Å². The van der Waals surface area contributed by atoms with Crippen LogP contribution in [-0.4, -0.2) is 35.9 Å². The number of sulfone groups is 1. The van der Waals surface area contributed by atoms with Crippen molar-refractivity contribution in [3.05, 3.63) is 16.5 Å². The van der Waals surface area contributed by atoms with Crippen molar-refractivity contribution in [1.29, 1.82) is 0 Å². The molecule has 0 spiro atoms. The van der Waals surface area contributed by atoms with Gasteiger partial charge in [0.15, 0.2) is 9.84 Å². The predicted molar refractivity (Wildman–Crippen MR) is 81.2 cm³/mol. The van der Waals surface area contributed by atoms with Crippen molar-refractivity contribution < 1.29 is 8.42 Å². The molecular formula is C13H20ClN3O2S. The largest absolute Gasteiger partial charge is 0.366 e. The fourth-order valence-electron chi connectivity index (χ4n) is 2.07. The number of nitrogens with one attached hydrogen (secondary N) is 1. The Hall–Kier alpha value is -0.880. The van der Waals surface area contributed by atoms with Crippen LogP contribution in [0.1, 0.15) is 38.6 Å². The molecule has 1 unspecified atom stereocenters. The van der Waals surface area contributed by atoms with Crippen LogP contribution >= 0.6 is 11.6 Å². The number of aromatic nitrogens is 2. The van der Waals surface area contributed by atoms with E-state index in [-0.39, 0.29) is 23.0 Å². The Balaban J connectivity index is 2.30. The second kappa shape index (κ2) is 5.15. The van der Waals surface area contributed by atoms with Gasteiger partial charge in [0, 0.05) is 17.0 Å². The maximum absolute atomic E-state index is 11.5. The summed E-state index contributed by atoms with van der Waals surface area (Å²) < 4.78 is 23.0. The molecule has 5 nitrogen and oxygen atoms in total. The van der Waals surface area contributed by atoms with Gasteiger partial charge in [-0.25, -0.2) is 18.4 Å². The monoisotopic (exact) mass is 317 g/mol. The van der Waals surface area contributed by atoms with Crippen LogP contribution in [0.15, 0.2) is 0 Å². The lowest BCUT2D eigenvalue weighted by Gasteiger charge is -2.21. The Bertz CT molecular complexity index is 623. The predicted octanol–water partition coefficient (Wildman–Crippen LogP) is 2.33. The van der Waals surface area contributed by atoms with Crippen LogP contribution in [0.5, 0.6) is 0 Å². The molecule has 112 valence electrons. The smallest absolute Gasteiger partial charge is 0.152 e. The molecule has 2 heterocycles. The zero-order chi connectivity index (χ0) is 15.1. The number of hydrogen-bond acceptors (Lipinski definition) is 5. The van der Waals surface area contributed by atoms with Gasteiger partial charge in [-0.1, -0.05) is 32.4 Å². The first-order valence-corrected chi connectivity index (χ1v) is 8.80. The van der Waals surface area contributed by atoms with E-state index in [9.17, 15) is 8.42 Å². The summed E-state index contributed by atoms with van der Waals surface area (Å²) in [5.74, 6) is 1.67. The van der Waals surface area contributed by atoms with Crippen molar-refractivity contribution >= 4 is 27.3 Å². The van der Waals surface area contributed by atoms with Crippen molar-refractivity contribution in [3.8, 4) is 0 Å². The molecule has 1 aromatic heterocycles. The molecule has 1 N–H and O–H groups in total. The zero-order valence-electron chi connectivity index (χ0n) is 12.2. The van der Waals surface area contributed by atoms with Crippen molar-refractivity contribution in [3.63, 3.8) is 0 Å². The van der Waals surface area contributed by atoms with Gasteiger partial charge >= 0.3 is 0 Å². The van der Waals surface area contributed by atoms with Crippen LogP contribution in [0, 0.1) is 6.92 Å². The lowest BCUT2D eigenvalue weighted by Crippen LogP contribution is -2.24. The third kappa shape index (κ3) is 3.41. The van der Waals surface area contributed by atoms with Crippen LogP contribution in [-0.2, 0) is 15.3 Å². The molecule has 1 aliphatic rings. The molecule has 7 heteroatoms. The van der Waals surface area contributed by atoms with Gasteiger partial charge in [0.05, 0.1) is 11.5 Å². The number of hydrogen-bond donors (Lipinski definition) is 1. The Morgan fingerprint density at radius 1 is 1.30 bits per heavy atom. The number of halogens is 1. The van der Waals surface area contributed by atoms with E-state index in [0.29, 0.717) is 23.2 Å². The minimum Gasteiger partial charge on any atom is -0.366 e. The zero-order valence-corrected chi connectivity index (χ0v) is 13.8. The normalized spacial score (nSPS) is 21.9. The Kier molecular flexibility index (Phi) is 3.99. The van der Waals surface area contributed by atoms with Crippen LogP contribution in [0.4, 0.5) is 5.82 Å². The topological polar surface area (TPSA) is 72.0 Å². The molecule has 0 bridgehead atoms. The summed E-state index contributed by atoms with van der Waals surface area (Å²) >= 11 is 6.16. The first kappa shape index (κ1) is 15.5. The molecule has 0 amide bonds. The van der Waals surface area contributed by atoms with Crippen molar-refractivity contribution in [2.24, 2.45) is 0 Å². The SMILES string of the molecule is Cc1c(Cl)nc(C(C)(C)C)nc1NC1CCS(=O)(=O)C1. The van der Waals surface area contributed by atoms with Gasteiger partial charge in [-0.05, 0) is 13.3 Å². The molecule has 0 aromatic carbocycles. The van der Waals surface area contributed by atoms with E-state index in [1.165, 1.54) is 0 Å². The molecule has 1 aromatic rings. The highest BCUT2D eigenvalue weighted by Gasteiger charge is 2.29. The molecule has 1 fully saturated rings. The number of rotatable bonds is 2. The van der Waals surface area contributed by atoms with Crippen molar-refractivity contribution in [1.82, 2.24) is 9.97 Å². The fourth-order valence-corrected chi connectivity index (χ4v) is 3.91. The van der Waals surface area contributed by atoms with Gasteiger partial charge in [0.2, 0.25) is 0 Å². The number of nitrogens with zero attached hydrogens (tertiary/aromatic N) is 2. The lowest BCUT2D eigenvalue weighted by molar-refractivity contribution is 0.544. The Morgan fingerprint density at radius 3 is 2.45 bits per heavy atom. The summed E-state index contributed by atoms with van der Waals surface area (Å²) in [4.78, 5) is 8.82. The second-order valence-electron chi connectivity index (χ2n) is 6.31. The van der Waals surface area contributed by atoms with Gasteiger partial charge in [0.1, 0.15) is 16.8 Å². The summed E-state index contributed by atoms with van der Waals surface area (Å²) in [6.07, 6.45) is 0.605. The minimum absolute atomic E-state index is 0.0996. The second-order valence-corrected chi connectivity index (χ2v) is 8.89. The van der Waals surface area contributed by atoms with E-state index in [0.717, 1.165) is 5.56 Å². The highest BCUT2D eigenvalue weighted by atomic mass is 35.5. The number of anilines is 1. The molecule has 0 aliphatic carbocycles. The Morgan fingerprint density at radius 2 is 1.95 bits per heavy atom. The molecule has 20 heavy (non-hydrogen) atoms. The molecule has 2 rings (SSSR count). The molecule has 1 aliphatic heterocycles. The molecule has 1 atom stereocenters. The minimum atomic E-state index is -2.92. The average molecular weight is 318 g/mol. The van der Waals surface area contributed by atoms with Crippen LogP contribution in [0.25, 0.3) is 0 Å².